The molecule has 2 bridgehead atoms. The Bertz CT molecular complexity index is 611. The molecule has 1 aliphatic carbocycles. The minimum Gasteiger partial charge on any atom is -0.497 e. The number of likely N-dealkylation sites (tertiary alicyclic amines) is 2. The highest BCUT2D eigenvalue weighted by Gasteiger charge is 2.52. The molecule has 4 rings (SSSR count). The lowest BCUT2D eigenvalue weighted by Crippen LogP contribution is -2.68. The minimum atomic E-state index is 0.209. The van der Waals surface area contributed by atoms with Crippen LogP contribution in [0.1, 0.15) is 37.3 Å². The number of likely N-dealkylation sites (N-methyl/N-ethyl adjacent to an activating group) is 1. The van der Waals surface area contributed by atoms with E-state index in [2.05, 4.69) is 42.0 Å². The molecular formula is C20H31N3O. The fourth-order valence-corrected chi connectivity index (χ4v) is 5.41. The van der Waals surface area contributed by atoms with Crippen molar-refractivity contribution in [2.45, 2.75) is 56.1 Å². The van der Waals surface area contributed by atoms with E-state index < -0.39 is 0 Å². The quantitative estimate of drug-likeness (QED) is 0.901. The van der Waals surface area contributed by atoms with E-state index in [1.54, 1.807) is 7.11 Å². The minimum absolute atomic E-state index is 0.209. The van der Waals surface area contributed by atoms with Crippen molar-refractivity contribution in [3.05, 3.63) is 29.3 Å². The Hall–Kier alpha value is -1.10. The van der Waals surface area contributed by atoms with Gasteiger partial charge in [-0.05, 0) is 62.5 Å². The van der Waals surface area contributed by atoms with Crippen molar-refractivity contribution in [1.82, 2.24) is 9.80 Å². The number of nitrogens with two attached hydrogens (primary N) is 1. The molecule has 2 fully saturated rings. The number of nitrogens with zero attached hydrogens (tertiary/aromatic N) is 2. The zero-order valence-electron chi connectivity index (χ0n) is 15.3. The van der Waals surface area contributed by atoms with Crippen molar-refractivity contribution in [2.75, 3.05) is 33.8 Å². The first-order valence-corrected chi connectivity index (χ1v) is 9.40. The van der Waals surface area contributed by atoms with Crippen molar-refractivity contribution in [1.29, 1.82) is 0 Å². The number of hydrogen-bond donors (Lipinski definition) is 1. The summed E-state index contributed by atoms with van der Waals surface area (Å²) < 4.78 is 5.54. The topological polar surface area (TPSA) is 41.7 Å². The highest BCUT2D eigenvalue weighted by molar-refractivity contribution is 5.46. The van der Waals surface area contributed by atoms with Gasteiger partial charge < -0.3 is 15.4 Å². The van der Waals surface area contributed by atoms with Crippen LogP contribution in [0.4, 0.5) is 0 Å². The Balaban J connectivity index is 1.75. The molecule has 132 valence electrons. The standard InChI is InChI=1S/C20H31N3O/c1-20-8-11-22(2)18(19(20)23-9-6-15(21)7-10-23)12-14-4-5-16(24-3)13-17(14)20/h4-5,13,15,18-19H,6-12,21H2,1-3H3/t18?,19?,20-/m1/s1. The van der Waals surface area contributed by atoms with Crippen LogP contribution < -0.4 is 10.5 Å². The van der Waals surface area contributed by atoms with Gasteiger partial charge in [-0.15, -0.1) is 0 Å². The molecule has 0 amide bonds. The van der Waals surface area contributed by atoms with Gasteiger partial charge in [-0.2, -0.15) is 0 Å². The second kappa shape index (κ2) is 6.01. The van der Waals surface area contributed by atoms with E-state index in [1.165, 1.54) is 24.1 Å². The van der Waals surface area contributed by atoms with Gasteiger partial charge in [-0.1, -0.05) is 13.0 Å². The molecule has 4 nitrogen and oxygen atoms in total. The Morgan fingerprint density at radius 2 is 1.96 bits per heavy atom. The molecule has 2 aliphatic heterocycles. The van der Waals surface area contributed by atoms with Crippen molar-refractivity contribution >= 4 is 0 Å². The van der Waals surface area contributed by atoms with Gasteiger partial charge in [-0.3, -0.25) is 4.90 Å². The monoisotopic (exact) mass is 329 g/mol. The normalized spacial score (nSPS) is 34.8. The summed E-state index contributed by atoms with van der Waals surface area (Å²) in [5.74, 6) is 0.992. The number of benzene rings is 1. The maximum Gasteiger partial charge on any atom is 0.119 e. The fourth-order valence-electron chi connectivity index (χ4n) is 5.41. The smallest absolute Gasteiger partial charge is 0.119 e. The summed E-state index contributed by atoms with van der Waals surface area (Å²) in [7, 11) is 4.08. The highest BCUT2D eigenvalue weighted by atomic mass is 16.5. The molecular weight excluding hydrogens is 298 g/mol. The van der Waals surface area contributed by atoms with Gasteiger partial charge in [0.2, 0.25) is 0 Å². The summed E-state index contributed by atoms with van der Waals surface area (Å²) in [4.78, 5) is 5.33. The lowest BCUT2D eigenvalue weighted by Gasteiger charge is -2.59. The van der Waals surface area contributed by atoms with Crippen molar-refractivity contribution in [3.63, 3.8) is 0 Å². The van der Waals surface area contributed by atoms with E-state index in [9.17, 15) is 0 Å². The summed E-state index contributed by atoms with van der Waals surface area (Å²) in [5.41, 5.74) is 9.41. The first kappa shape index (κ1) is 16.4. The molecule has 0 saturated carbocycles. The zero-order valence-corrected chi connectivity index (χ0v) is 15.3. The van der Waals surface area contributed by atoms with E-state index in [0.717, 1.165) is 38.1 Å². The summed E-state index contributed by atoms with van der Waals surface area (Å²) in [6.45, 7) is 5.96. The average Bonchev–Trinajstić information content (AvgIpc) is 2.59. The molecule has 24 heavy (non-hydrogen) atoms. The molecule has 3 aliphatic rings. The van der Waals surface area contributed by atoms with Crippen LogP contribution in [0.5, 0.6) is 5.75 Å². The first-order chi connectivity index (χ1) is 11.5. The van der Waals surface area contributed by atoms with E-state index >= 15 is 0 Å². The zero-order chi connectivity index (χ0) is 16.9. The maximum atomic E-state index is 6.16. The van der Waals surface area contributed by atoms with Gasteiger partial charge in [0.05, 0.1) is 7.11 Å². The third-order valence-electron chi connectivity index (χ3n) is 6.90. The number of rotatable bonds is 2. The lowest BCUT2D eigenvalue weighted by atomic mass is 9.61. The molecule has 2 unspecified atom stereocenters. The predicted octanol–water partition coefficient (Wildman–Crippen LogP) is 2.00. The molecule has 2 saturated heterocycles. The van der Waals surface area contributed by atoms with Gasteiger partial charge in [-0.25, -0.2) is 0 Å². The summed E-state index contributed by atoms with van der Waals surface area (Å²) >= 11 is 0. The molecule has 0 spiro atoms. The largest absolute Gasteiger partial charge is 0.497 e. The van der Waals surface area contributed by atoms with Crippen molar-refractivity contribution in [2.24, 2.45) is 5.73 Å². The van der Waals surface area contributed by atoms with Gasteiger partial charge >= 0.3 is 0 Å². The van der Waals surface area contributed by atoms with Crippen LogP contribution in [0.25, 0.3) is 0 Å². The van der Waals surface area contributed by atoms with Crippen LogP contribution in [-0.4, -0.2) is 61.7 Å². The van der Waals surface area contributed by atoms with Gasteiger partial charge in [0, 0.05) is 36.6 Å². The van der Waals surface area contributed by atoms with Crippen LogP contribution in [0.15, 0.2) is 18.2 Å². The molecule has 2 N–H and O–H groups in total. The third-order valence-corrected chi connectivity index (χ3v) is 6.90. The van der Waals surface area contributed by atoms with E-state index in [4.69, 9.17) is 10.5 Å². The maximum absolute atomic E-state index is 6.16. The molecule has 1 aromatic rings. The van der Waals surface area contributed by atoms with Crippen molar-refractivity contribution < 1.29 is 4.74 Å². The second-order valence-electron chi connectivity index (χ2n) is 8.26. The number of fused-ring (bicyclic) bond motifs is 4. The number of hydrogen-bond acceptors (Lipinski definition) is 4. The van der Waals surface area contributed by atoms with Gasteiger partial charge in [0.25, 0.3) is 0 Å². The highest BCUT2D eigenvalue weighted by Crippen LogP contribution is 2.48. The first-order valence-electron chi connectivity index (χ1n) is 9.40. The average molecular weight is 329 g/mol. The van der Waals surface area contributed by atoms with E-state index in [0.29, 0.717) is 18.1 Å². The Morgan fingerprint density at radius 1 is 1.21 bits per heavy atom. The Morgan fingerprint density at radius 3 is 2.67 bits per heavy atom. The summed E-state index contributed by atoms with van der Waals surface area (Å²) in [6, 6.07) is 8.31. The molecule has 4 heteroatoms. The molecule has 0 radical (unpaired) electrons. The fraction of sp³-hybridized carbons (Fsp3) is 0.700. The van der Waals surface area contributed by atoms with Crippen LogP contribution in [0.2, 0.25) is 0 Å². The van der Waals surface area contributed by atoms with Gasteiger partial charge in [0.1, 0.15) is 5.75 Å². The molecule has 3 atom stereocenters. The molecule has 1 aromatic carbocycles. The Labute approximate surface area is 145 Å². The van der Waals surface area contributed by atoms with Crippen LogP contribution >= 0.6 is 0 Å². The summed E-state index contributed by atoms with van der Waals surface area (Å²) in [6.07, 6.45) is 4.63. The molecule has 2 heterocycles. The lowest BCUT2D eigenvalue weighted by molar-refractivity contribution is -0.0191. The van der Waals surface area contributed by atoms with Crippen LogP contribution in [-0.2, 0) is 11.8 Å². The number of piperidine rings is 2. The van der Waals surface area contributed by atoms with E-state index in [-0.39, 0.29) is 5.41 Å². The van der Waals surface area contributed by atoms with Crippen LogP contribution in [0, 0.1) is 0 Å². The third kappa shape index (κ3) is 2.47. The van der Waals surface area contributed by atoms with Gasteiger partial charge in [0.15, 0.2) is 0 Å². The van der Waals surface area contributed by atoms with Crippen molar-refractivity contribution in [3.8, 4) is 5.75 Å². The number of ether oxygens (including phenoxy) is 1. The van der Waals surface area contributed by atoms with E-state index in [1.807, 2.05) is 0 Å². The second-order valence-corrected chi connectivity index (χ2v) is 8.26. The summed E-state index contributed by atoms with van der Waals surface area (Å²) in [5, 5.41) is 0. The molecule has 0 aromatic heterocycles. The SMILES string of the molecule is COc1ccc2c(c1)[C@@]1(C)CCN(C)C(C2)C1N1CCC(N)CC1. The Kier molecular flexibility index (Phi) is 4.10. The number of methoxy groups -OCH3 is 1. The van der Waals surface area contributed by atoms with Crippen LogP contribution in [0.3, 0.4) is 0 Å². The predicted molar refractivity (Wildman–Crippen MR) is 97.7 cm³/mol.